The second kappa shape index (κ2) is 9.40. The summed E-state index contributed by atoms with van der Waals surface area (Å²) in [6, 6.07) is 0. The van der Waals surface area contributed by atoms with Crippen LogP contribution in [0.2, 0.25) is 0 Å². The van der Waals surface area contributed by atoms with E-state index < -0.39 is 11.8 Å². The molecule has 126 valence electrons. The van der Waals surface area contributed by atoms with Crippen molar-refractivity contribution >= 4 is 17.7 Å². The van der Waals surface area contributed by atoms with Crippen LogP contribution in [0.25, 0.3) is 0 Å². The van der Waals surface area contributed by atoms with Crippen molar-refractivity contribution in [2.24, 2.45) is 5.92 Å². The van der Waals surface area contributed by atoms with Crippen LogP contribution >= 0.6 is 0 Å². The average Bonchev–Trinajstić information content (AvgIpc) is 2.44. The SMILES string of the molecule is CC(=O)NCCN1CCN(CCOCCC(C)C)C(=O)C1=O. The van der Waals surface area contributed by atoms with E-state index in [4.69, 9.17) is 4.74 Å². The summed E-state index contributed by atoms with van der Waals surface area (Å²) in [5, 5.41) is 2.62. The molecular weight excluding hydrogens is 286 g/mol. The second-order valence-corrected chi connectivity index (χ2v) is 5.86. The van der Waals surface area contributed by atoms with Gasteiger partial charge in [-0.05, 0) is 12.3 Å². The third kappa shape index (κ3) is 6.43. The fourth-order valence-corrected chi connectivity index (χ4v) is 2.10. The molecule has 1 N–H and O–H groups in total. The average molecular weight is 313 g/mol. The molecule has 1 saturated heterocycles. The number of nitrogens with one attached hydrogen (secondary N) is 1. The van der Waals surface area contributed by atoms with Crippen molar-refractivity contribution in [2.75, 3.05) is 45.9 Å². The molecule has 1 aliphatic heterocycles. The van der Waals surface area contributed by atoms with Crippen LogP contribution in [0, 0.1) is 5.92 Å². The van der Waals surface area contributed by atoms with Gasteiger partial charge in [-0.1, -0.05) is 13.8 Å². The van der Waals surface area contributed by atoms with E-state index in [0.29, 0.717) is 51.9 Å². The minimum absolute atomic E-state index is 0.143. The molecule has 0 saturated carbocycles. The molecule has 0 radical (unpaired) electrons. The highest BCUT2D eigenvalue weighted by Crippen LogP contribution is 2.05. The topological polar surface area (TPSA) is 79.0 Å². The van der Waals surface area contributed by atoms with Crippen LogP contribution in [0.4, 0.5) is 0 Å². The van der Waals surface area contributed by atoms with Gasteiger partial charge in [0.25, 0.3) is 0 Å². The van der Waals surface area contributed by atoms with E-state index in [-0.39, 0.29) is 5.91 Å². The summed E-state index contributed by atoms with van der Waals surface area (Å²) >= 11 is 0. The lowest BCUT2D eigenvalue weighted by Gasteiger charge is -2.33. The van der Waals surface area contributed by atoms with Crippen LogP contribution in [0.15, 0.2) is 0 Å². The Morgan fingerprint density at radius 3 is 2.27 bits per heavy atom. The van der Waals surface area contributed by atoms with Crippen molar-refractivity contribution in [2.45, 2.75) is 27.2 Å². The molecule has 7 nitrogen and oxygen atoms in total. The van der Waals surface area contributed by atoms with Crippen molar-refractivity contribution in [1.82, 2.24) is 15.1 Å². The van der Waals surface area contributed by atoms with Crippen molar-refractivity contribution in [3.8, 4) is 0 Å². The Balaban J connectivity index is 2.26. The van der Waals surface area contributed by atoms with E-state index in [0.717, 1.165) is 6.42 Å². The molecule has 1 aliphatic rings. The highest BCUT2D eigenvalue weighted by Gasteiger charge is 2.31. The lowest BCUT2D eigenvalue weighted by Crippen LogP contribution is -2.56. The summed E-state index contributed by atoms with van der Waals surface area (Å²) in [6.07, 6.45) is 0.990. The van der Waals surface area contributed by atoms with Crippen LogP contribution < -0.4 is 5.32 Å². The Morgan fingerprint density at radius 1 is 1.14 bits per heavy atom. The molecule has 0 unspecified atom stereocenters. The Hall–Kier alpha value is -1.63. The summed E-state index contributed by atoms with van der Waals surface area (Å²) in [6.45, 7) is 9.00. The maximum atomic E-state index is 12.0. The van der Waals surface area contributed by atoms with E-state index in [1.54, 1.807) is 0 Å². The summed E-state index contributed by atoms with van der Waals surface area (Å²) in [4.78, 5) is 37.8. The first-order chi connectivity index (χ1) is 10.4. The number of hydrogen-bond acceptors (Lipinski definition) is 4. The molecule has 1 rings (SSSR count). The van der Waals surface area contributed by atoms with Gasteiger partial charge in [0.1, 0.15) is 0 Å². The first-order valence-corrected chi connectivity index (χ1v) is 7.82. The molecule has 0 spiro atoms. The summed E-state index contributed by atoms with van der Waals surface area (Å²) in [5.41, 5.74) is 0. The van der Waals surface area contributed by atoms with Crippen LogP contribution in [0.5, 0.6) is 0 Å². The van der Waals surface area contributed by atoms with Gasteiger partial charge in [0.05, 0.1) is 6.61 Å². The fraction of sp³-hybridized carbons (Fsp3) is 0.800. The number of carbonyl (C=O) groups is 3. The van der Waals surface area contributed by atoms with E-state index in [1.807, 2.05) is 0 Å². The molecule has 3 amide bonds. The van der Waals surface area contributed by atoms with Crippen molar-refractivity contribution < 1.29 is 19.1 Å². The molecule has 1 heterocycles. The van der Waals surface area contributed by atoms with E-state index in [9.17, 15) is 14.4 Å². The number of rotatable bonds is 9. The van der Waals surface area contributed by atoms with E-state index >= 15 is 0 Å². The van der Waals surface area contributed by atoms with E-state index in [2.05, 4.69) is 19.2 Å². The lowest BCUT2D eigenvalue weighted by atomic mass is 10.1. The molecule has 0 aromatic rings. The lowest BCUT2D eigenvalue weighted by molar-refractivity contribution is -0.156. The van der Waals surface area contributed by atoms with Crippen LogP contribution in [-0.4, -0.2) is 73.5 Å². The largest absolute Gasteiger partial charge is 0.380 e. The first kappa shape index (κ1) is 18.4. The Bertz CT molecular complexity index is 398. The minimum atomic E-state index is -0.501. The standard InChI is InChI=1S/C15H27N3O4/c1-12(2)4-10-22-11-9-18-8-7-17(14(20)15(18)21)6-5-16-13(3)19/h12H,4-11H2,1-3H3,(H,16,19). The second-order valence-electron chi connectivity index (χ2n) is 5.86. The zero-order chi connectivity index (χ0) is 16.5. The summed E-state index contributed by atoms with van der Waals surface area (Å²) < 4.78 is 5.48. The molecule has 0 bridgehead atoms. The quantitative estimate of drug-likeness (QED) is 0.474. The van der Waals surface area contributed by atoms with Gasteiger partial charge in [-0.25, -0.2) is 0 Å². The van der Waals surface area contributed by atoms with Crippen molar-refractivity contribution in [3.05, 3.63) is 0 Å². The molecule has 0 aromatic carbocycles. The highest BCUT2D eigenvalue weighted by molar-refractivity contribution is 6.35. The maximum absolute atomic E-state index is 12.0. The first-order valence-electron chi connectivity index (χ1n) is 7.82. The van der Waals surface area contributed by atoms with Gasteiger partial charge >= 0.3 is 11.8 Å². The monoisotopic (exact) mass is 313 g/mol. The van der Waals surface area contributed by atoms with Crippen LogP contribution in [-0.2, 0) is 19.1 Å². The normalized spacial score (nSPS) is 15.6. The Labute approximate surface area is 132 Å². The molecule has 0 aromatic heterocycles. The van der Waals surface area contributed by atoms with Crippen molar-refractivity contribution in [1.29, 1.82) is 0 Å². The number of hydrogen-bond donors (Lipinski definition) is 1. The Kier molecular flexibility index (Phi) is 7.87. The van der Waals surface area contributed by atoms with Gasteiger partial charge in [-0.3, -0.25) is 14.4 Å². The summed E-state index contributed by atoms with van der Waals surface area (Å²) in [5.74, 6) is -0.536. The molecule has 0 atom stereocenters. The fourth-order valence-electron chi connectivity index (χ4n) is 2.10. The molecule has 0 aliphatic carbocycles. The predicted molar refractivity (Wildman–Crippen MR) is 82.1 cm³/mol. The van der Waals surface area contributed by atoms with Gasteiger partial charge in [0, 0.05) is 46.3 Å². The number of piperazine rings is 1. The Morgan fingerprint density at radius 2 is 1.73 bits per heavy atom. The zero-order valence-corrected chi connectivity index (χ0v) is 13.8. The van der Waals surface area contributed by atoms with Crippen LogP contribution in [0.3, 0.4) is 0 Å². The van der Waals surface area contributed by atoms with Gasteiger partial charge in [0.2, 0.25) is 5.91 Å². The smallest absolute Gasteiger partial charge is 0.312 e. The molecule has 22 heavy (non-hydrogen) atoms. The third-order valence-electron chi connectivity index (χ3n) is 3.50. The predicted octanol–water partition coefficient (Wildman–Crippen LogP) is -0.144. The van der Waals surface area contributed by atoms with Crippen LogP contribution in [0.1, 0.15) is 27.2 Å². The van der Waals surface area contributed by atoms with Gasteiger partial charge in [-0.2, -0.15) is 0 Å². The minimum Gasteiger partial charge on any atom is -0.380 e. The maximum Gasteiger partial charge on any atom is 0.312 e. The summed E-state index contributed by atoms with van der Waals surface area (Å²) in [7, 11) is 0. The highest BCUT2D eigenvalue weighted by atomic mass is 16.5. The van der Waals surface area contributed by atoms with Gasteiger partial charge in [-0.15, -0.1) is 0 Å². The number of amides is 3. The molecule has 7 heteroatoms. The molecule has 1 fully saturated rings. The third-order valence-corrected chi connectivity index (χ3v) is 3.50. The number of carbonyl (C=O) groups excluding carboxylic acids is 3. The van der Waals surface area contributed by atoms with Gasteiger partial charge in [0.15, 0.2) is 0 Å². The molecular formula is C15H27N3O4. The van der Waals surface area contributed by atoms with Crippen molar-refractivity contribution in [3.63, 3.8) is 0 Å². The zero-order valence-electron chi connectivity index (χ0n) is 13.8. The number of nitrogens with zero attached hydrogens (tertiary/aromatic N) is 2. The van der Waals surface area contributed by atoms with Gasteiger partial charge < -0.3 is 19.9 Å². The van der Waals surface area contributed by atoms with E-state index in [1.165, 1.54) is 16.7 Å². The number of ether oxygens (including phenoxy) is 1.